The van der Waals surface area contributed by atoms with Crippen LogP contribution < -0.4 is 11.3 Å². The molecule has 0 aromatic carbocycles. The first-order chi connectivity index (χ1) is 10.3. The second-order valence-corrected chi connectivity index (χ2v) is 6.41. The van der Waals surface area contributed by atoms with Crippen molar-refractivity contribution in [3.8, 4) is 0 Å². The van der Waals surface area contributed by atoms with Crippen molar-refractivity contribution in [2.45, 2.75) is 39.3 Å². The molecule has 0 aliphatic carbocycles. The Kier molecular flexibility index (Phi) is 4.52. The Balaban J connectivity index is 2.55. The van der Waals surface area contributed by atoms with Gasteiger partial charge in [0.2, 0.25) is 5.95 Å². The van der Waals surface area contributed by atoms with Gasteiger partial charge in [0.1, 0.15) is 5.65 Å². The third-order valence-electron chi connectivity index (χ3n) is 3.64. The molecule has 0 saturated carbocycles. The fraction of sp³-hybridized carbons (Fsp3) is 0.643. The van der Waals surface area contributed by atoms with Crippen LogP contribution in [0.2, 0.25) is 0 Å². The van der Waals surface area contributed by atoms with Gasteiger partial charge in [0, 0.05) is 31.2 Å². The van der Waals surface area contributed by atoms with Crippen molar-refractivity contribution in [1.82, 2.24) is 19.1 Å². The number of aliphatic hydroxyl groups is 2. The van der Waals surface area contributed by atoms with Crippen molar-refractivity contribution in [2.75, 3.05) is 18.9 Å². The second-order valence-electron chi connectivity index (χ2n) is 6.41. The summed E-state index contributed by atoms with van der Waals surface area (Å²) in [6.45, 7) is 6.25. The van der Waals surface area contributed by atoms with Gasteiger partial charge in [-0.25, -0.2) is 4.98 Å². The van der Waals surface area contributed by atoms with E-state index in [9.17, 15) is 4.79 Å². The topological polar surface area (TPSA) is 119 Å². The Morgan fingerprint density at radius 3 is 2.50 bits per heavy atom. The highest BCUT2D eigenvalue weighted by molar-refractivity contribution is 5.72. The van der Waals surface area contributed by atoms with Crippen molar-refractivity contribution in [1.29, 1.82) is 0 Å². The zero-order valence-electron chi connectivity index (χ0n) is 13.2. The number of anilines is 1. The van der Waals surface area contributed by atoms with E-state index in [-0.39, 0.29) is 36.1 Å². The van der Waals surface area contributed by atoms with Gasteiger partial charge in [0.05, 0.1) is 6.33 Å². The molecule has 8 heteroatoms. The molecule has 0 aliphatic rings. The number of hydrogen-bond acceptors (Lipinski definition) is 6. The van der Waals surface area contributed by atoms with Gasteiger partial charge >= 0.3 is 5.56 Å². The van der Waals surface area contributed by atoms with Crippen molar-refractivity contribution in [2.24, 2.45) is 5.92 Å². The molecule has 8 nitrogen and oxygen atoms in total. The largest absolute Gasteiger partial charge is 0.396 e. The molecule has 0 atom stereocenters. The molecule has 0 aliphatic heterocycles. The van der Waals surface area contributed by atoms with Gasteiger partial charge < -0.3 is 20.5 Å². The summed E-state index contributed by atoms with van der Waals surface area (Å²) in [4.78, 5) is 20.0. The van der Waals surface area contributed by atoms with Gasteiger partial charge in [-0.3, -0.25) is 9.36 Å². The van der Waals surface area contributed by atoms with Gasteiger partial charge in [0.25, 0.3) is 0 Å². The lowest BCUT2D eigenvalue weighted by atomic mass is 10.1. The minimum absolute atomic E-state index is 0.0844. The second kappa shape index (κ2) is 6.05. The number of aromatic nitrogens is 4. The summed E-state index contributed by atoms with van der Waals surface area (Å²) in [5, 5.41) is 18.3. The minimum atomic E-state index is -0.451. The molecule has 2 aromatic heterocycles. The highest BCUT2D eigenvalue weighted by Crippen LogP contribution is 2.23. The Hall–Kier alpha value is -1.93. The third-order valence-corrected chi connectivity index (χ3v) is 3.64. The molecule has 4 N–H and O–H groups in total. The highest BCUT2D eigenvalue weighted by Gasteiger charge is 2.23. The van der Waals surface area contributed by atoms with E-state index in [1.165, 1.54) is 0 Å². The van der Waals surface area contributed by atoms with Gasteiger partial charge in [-0.1, -0.05) is 0 Å². The molecule has 0 spiro atoms. The average Bonchev–Trinajstić information content (AvgIpc) is 2.82. The number of nitrogens with zero attached hydrogens (tertiary/aromatic N) is 4. The summed E-state index contributed by atoms with van der Waals surface area (Å²) in [6.07, 6.45) is 2.14. The molecule has 22 heavy (non-hydrogen) atoms. The smallest absolute Gasteiger partial charge is 0.302 e. The van der Waals surface area contributed by atoms with Crippen LogP contribution in [0.5, 0.6) is 0 Å². The van der Waals surface area contributed by atoms with Crippen LogP contribution in [0.4, 0.5) is 5.95 Å². The van der Waals surface area contributed by atoms with Gasteiger partial charge in [0.15, 0.2) is 5.52 Å². The summed E-state index contributed by atoms with van der Waals surface area (Å²) in [6, 6.07) is 0. The number of aryl methyl sites for hydroxylation is 1. The number of nitrogens with two attached hydrogens (primary N) is 1. The Morgan fingerprint density at radius 2 is 1.95 bits per heavy atom. The monoisotopic (exact) mass is 309 g/mol. The predicted octanol–water partition coefficient (Wildman–Crippen LogP) is -0.0789. The maximum atomic E-state index is 12.0. The van der Waals surface area contributed by atoms with E-state index in [4.69, 9.17) is 15.9 Å². The number of rotatable bonds is 5. The highest BCUT2D eigenvalue weighted by atomic mass is 16.3. The molecule has 2 aromatic rings. The maximum Gasteiger partial charge on any atom is 0.302 e. The van der Waals surface area contributed by atoms with Gasteiger partial charge in [-0.15, -0.1) is 0 Å². The first kappa shape index (κ1) is 16.4. The predicted molar refractivity (Wildman–Crippen MR) is 83.5 cm³/mol. The number of nitrogen functional groups attached to an aromatic ring is 1. The zero-order chi connectivity index (χ0) is 16.5. The van der Waals surface area contributed by atoms with E-state index in [1.54, 1.807) is 10.9 Å². The van der Waals surface area contributed by atoms with Gasteiger partial charge in [-0.05, 0) is 27.2 Å². The fourth-order valence-electron chi connectivity index (χ4n) is 2.46. The fourth-order valence-corrected chi connectivity index (χ4v) is 2.46. The van der Waals surface area contributed by atoms with E-state index >= 15 is 0 Å². The SMILES string of the molecule is CC(C)(C)n1c(N)nc(=O)c2ncn(CCC(CO)CO)c21. The van der Waals surface area contributed by atoms with Crippen LogP contribution in [0.1, 0.15) is 27.2 Å². The van der Waals surface area contributed by atoms with Crippen molar-refractivity contribution >= 4 is 17.1 Å². The van der Waals surface area contributed by atoms with E-state index in [0.29, 0.717) is 18.6 Å². The number of aliphatic hydroxyl groups excluding tert-OH is 2. The molecule has 2 rings (SSSR count). The summed E-state index contributed by atoms with van der Waals surface area (Å²) in [5.74, 6) is -0.0564. The summed E-state index contributed by atoms with van der Waals surface area (Å²) in [5.41, 5.74) is 6.01. The standard InChI is InChI=1S/C14H23N5O3/c1-14(2,3)19-12-10(11(22)17-13(19)15)16-8-18(12)5-4-9(6-20)7-21/h8-9,20-21H,4-7H2,1-3H3,(H2,15,17,22). The average molecular weight is 309 g/mol. The molecule has 2 heterocycles. The van der Waals surface area contributed by atoms with Crippen molar-refractivity contribution < 1.29 is 10.2 Å². The molecule has 0 unspecified atom stereocenters. The minimum Gasteiger partial charge on any atom is -0.396 e. The van der Waals surface area contributed by atoms with Crippen LogP contribution in [0.25, 0.3) is 11.2 Å². The van der Waals surface area contributed by atoms with Crippen LogP contribution in [0.3, 0.4) is 0 Å². The molecule has 122 valence electrons. The lowest BCUT2D eigenvalue weighted by Crippen LogP contribution is -2.30. The molecule has 0 fully saturated rings. The number of hydrogen-bond donors (Lipinski definition) is 3. The molecule has 0 radical (unpaired) electrons. The molecule has 0 amide bonds. The molecule has 0 saturated heterocycles. The Bertz CT molecular complexity index is 710. The summed E-state index contributed by atoms with van der Waals surface area (Å²) >= 11 is 0. The van der Waals surface area contributed by atoms with E-state index in [2.05, 4.69) is 9.97 Å². The quantitative estimate of drug-likeness (QED) is 0.711. The van der Waals surface area contributed by atoms with E-state index < -0.39 is 5.56 Å². The Morgan fingerprint density at radius 1 is 1.32 bits per heavy atom. The third kappa shape index (κ3) is 2.97. The lowest BCUT2D eigenvalue weighted by Gasteiger charge is -2.26. The van der Waals surface area contributed by atoms with E-state index in [1.807, 2.05) is 25.3 Å². The lowest BCUT2D eigenvalue weighted by molar-refractivity contribution is 0.140. The van der Waals surface area contributed by atoms with Crippen molar-refractivity contribution in [3.05, 3.63) is 16.7 Å². The first-order valence-electron chi connectivity index (χ1n) is 7.25. The van der Waals surface area contributed by atoms with Gasteiger partial charge in [-0.2, -0.15) is 4.98 Å². The van der Waals surface area contributed by atoms with Crippen LogP contribution in [0.15, 0.2) is 11.1 Å². The summed E-state index contributed by atoms with van der Waals surface area (Å²) in [7, 11) is 0. The number of fused-ring (bicyclic) bond motifs is 1. The van der Waals surface area contributed by atoms with Crippen molar-refractivity contribution in [3.63, 3.8) is 0 Å². The molecule has 0 bridgehead atoms. The van der Waals surface area contributed by atoms with Crippen LogP contribution in [0, 0.1) is 5.92 Å². The normalized spacial score (nSPS) is 12.5. The zero-order valence-corrected chi connectivity index (χ0v) is 13.2. The van der Waals surface area contributed by atoms with E-state index in [0.717, 1.165) is 0 Å². The number of imidazole rings is 1. The Labute approximate surface area is 128 Å². The molecular weight excluding hydrogens is 286 g/mol. The van der Waals surface area contributed by atoms with Crippen LogP contribution in [-0.2, 0) is 12.1 Å². The molecular formula is C14H23N5O3. The van der Waals surface area contributed by atoms with Crippen LogP contribution >= 0.6 is 0 Å². The summed E-state index contributed by atoms with van der Waals surface area (Å²) < 4.78 is 3.60. The first-order valence-corrected chi connectivity index (χ1v) is 7.25. The maximum absolute atomic E-state index is 12.0. The van der Waals surface area contributed by atoms with Crippen LogP contribution in [-0.4, -0.2) is 42.5 Å².